The molecule has 0 saturated carbocycles. The lowest BCUT2D eigenvalue weighted by molar-refractivity contribution is 0.0977. The maximum absolute atomic E-state index is 12.1. The van der Waals surface area contributed by atoms with E-state index in [1.54, 1.807) is 0 Å². The molecule has 0 unspecified atom stereocenters. The molecule has 1 aromatic rings. The van der Waals surface area contributed by atoms with Crippen molar-refractivity contribution >= 4 is 5.78 Å². The van der Waals surface area contributed by atoms with Crippen LogP contribution in [-0.4, -0.2) is 5.78 Å². The number of aryl methyl sites for hydroxylation is 2. The van der Waals surface area contributed by atoms with E-state index in [1.165, 1.54) is 32.1 Å². The van der Waals surface area contributed by atoms with Crippen LogP contribution in [0.2, 0.25) is 0 Å². The van der Waals surface area contributed by atoms with Crippen LogP contribution in [0.5, 0.6) is 0 Å². The second-order valence-electron chi connectivity index (χ2n) is 5.16. The molecular formula is C16H26O2. The summed E-state index contributed by atoms with van der Waals surface area (Å²) in [7, 11) is 0. The van der Waals surface area contributed by atoms with Crippen molar-refractivity contribution in [1.82, 2.24) is 0 Å². The van der Waals surface area contributed by atoms with Crippen LogP contribution < -0.4 is 0 Å². The molecule has 1 rings (SSSR count). The molecule has 0 spiro atoms. The van der Waals surface area contributed by atoms with Gasteiger partial charge in [-0.2, -0.15) is 0 Å². The number of Topliss-reactive ketones (excluding diaryl/α,β-unsaturated/α-hetero) is 1. The van der Waals surface area contributed by atoms with Crippen LogP contribution >= 0.6 is 0 Å². The molecule has 2 heteroatoms. The lowest BCUT2D eigenvalue weighted by atomic mass is 10.0. The highest BCUT2D eigenvalue weighted by Crippen LogP contribution is 2.23. The van der Waals surface area contributed by atoms with E-state index in [0.29, 0.717) is 6.42 Å². The first-order valence-corrected chi connectivity index (χ1v) is 7.17. The van der Waals surface area contributed by atoms with Gasteiger partial charge in [0.15, 0.2) is 5.78 Å². The Bertz CT molecular complexity index is 388. The van der Waals surface area contributed by atoms with Crippen molar-refractivity contribution in [3.8, 4) is 0 Å². The van der Waals surface area contributed by atoms with Crippen molar-refractivity contribution in [2.45, 2.75) is 72.6 Å². The minimum atomic E-state index is 0.248. The van der Waals surface area contributed by atoms with Crippen LogP contribution in [0.25, 0.3) is 0 Å². The summed E-state index contributed by atoms with van der Waals surface area (Å²) in [6.07, 6.45) is 7.97. The second-order valence-corrected chi connectivity index (χ2v) is 5.16. The number of unbranched alkanes of at least 4 members (excludes halogenated alkanes) is 5. The van der Waals surface area contributed by atoms with Crippen LogP contribution in [0.15, 0.2) is 4.42 Å². The van der Waals surface area contributed by atoms with E-state index < -0.39 is 0 Å². The summed E-state index contributed by atoms with van der Waals surface area (Å²) >= 11 is 0. The van der Waals surface area contributed by atoms with Gasteiger partial charge in [-0.15, -0.1) is 0 Å². The predicted molar refractivity (Wildman–Crippen MR) is 75.2 cm³/mol. The largest absolute Gasteiger partial charge is 0.466 e. The summed E-state index contributed by atoms with van der Waals surface area (Å²) in [6, 6.07) is 0. The number of carbonyl (C=O) groups is 1. The summed E-state index contributed by atoms with van der Waals surface area (Å²) in [5, 5.41) is 0. The predicted octanol–water partition coefficient (Wildman–Crippen LogP) is 5.14. The van der Waals surface area contributed by atoms with E-state index in [-0.39, 0.29) is 5.78 Å². The molecule has 18 heavy (non-hydrogen) atoms. The van der Waals surface area contributed by atoms with Gasteiger partial charge in [-0.25, -0.2) is 0 Å². The number of furan rings is 1. The number of hydrogen-bond acceptors (Lipinski definition) is 2. The molecule has 0 aliphatic heterocycles. The van der Waals surface area contributed by atoms with Crippen LogP contribution in [0.3, 0.4) is 0 Å². The molecule has 102 valence electrons. The van der Waals surface area contributed by atoms with Crippen molar-refractivity contribution < 1.29 is 9.21 Å². The Labute approximate surface area is 111 Å². The van der Waals surface area contributed by atoms with Gasteiger partial charge in [0.05, 0.1) is 5.56 Å². The molecule has 0 aliphatic rings. The second kappa shape index (κ2) is 7.40. The minimum absolute atomic E-state index is 0.248. The first kappa shape index (κ1) is 15.0. The van der Waals surface area contributed by atoms with E-state index in [2.05, 4.69) is 6.92 Å². The first-order chi connectivity index (χ1) is 8.57. The van der Waals surface area contributed by atoms with E-state index in [1.807, 2.05) is 20.8 Å². The molecule has 1 heterocycles. The highest BCUT2D eigenvalue weighted by Gasteiger charge is 2.17. The third-order valence-electron chi connectivity index (χ3n) is 3.60. The molecule has 0 fully saturated rings. The van der Waals surface area contributed by atoms with Crippen LogP contribution in [-0.2, 0) is 0 Å². The van der Waals surface area contributed by atoms with Gasteiger partial charge in [0.1, 0.15) is 11.5 Å². The van der Waals surface area contributed by atoms with Crippen molar-refractivity contribution in [3.63, 3.8) is 0 Å². The molecule has 0 aromatic carbocycles. The fraction of sp³-hybridized carbons (Fsp3) is 0.688. The zero-order valence-electron chi connectivity index (χ0n) is 12.3. The highest BCUT2D eigenvalue weighted by molar-refractivity contribution is 5.98. The van der Waals surface area contributed by atoms with Crippen molar-refractivity contribution in [1.29, 1.82) is 0 Å². The number of rotatable bonds is 8. The molecule has 0 saturated heterocycles. The maximum atomic E-state index is 12.1. The van der Waals surface area contributed by atoms with Gasteiger partial charge < -0.3 is 4.42 Å². The Morgan fingerprint density at radius 1 is 0.944 bits per heavy atom. The quantitative estimate of drug-likeness (QED) is 0.472. The standard InChI is InChI=1S/C16H26O2/c1-5-6-7-8-9-10-11-15(17)16-12(2)13(3)18-14(16)4/h5-11H2,1-4H3. The molecule has 0 atom stereocenters. The van der Waals surface area contributed by atoms with Crippen LogP contribution in [0.1, 0.15) is 79.3 Å². The maximum Gasteiger partial charge on any atom is 0.166 e. The third kappa shape index (κ3) is 4.01. The molecule has 1 aromatic heterocycles. The highest BCUT2D eigenvalue weighted by atomic mass is 16.3. The fourth-order valence-corrected chi connectivity index (χ4v) is 2.39. The summed E-state index contributed by atoms with van der Waals surface area (Å²) in [5.74, 6) is 1.90. The lowest BCUT2D eigenvalue weighted by Gasteiger charge is -2.02. The first-order valence-electron chi connectivity index (χ1n) is 7.17. The Morgan fingerprint density at radius 2 is 1.56 bits per heavy atom. The zero-order valence-corrected chi connectivity index (χ0v) is 12.3. The van der Waals surface area contributed by atoms with Gasteiger partial charge in [0, 0.05) is 12.0 Å². The van der Waals surface area contributed by atoms with Gasteiger partial charge in [-0.3, -0.25) is 4.79 Å². The zero-order chi connectivity index (χ0) is 13.5. The minimum Gasteiger partial charge on any atom is -0.466 e. The molecule has 2 nitrogen and oxygen atoms in total. The van der Waals surface area contributed by atoms with E-state index in [9.17, 15) is 4.79 Å². The Balaban J connectivity index is 2.37. The monoisotopic (exact) mass is 250 g/mol. The van der Waals surface area contributed by atoms with E-state index in [4.69, 9.17) is 4.42 Å². The van der Waals surface area contributed by atoms with Gasteiger partial charge in [-0.05, 0) is 27.2 Å². The fourth-order valence-electron chi connectivity index (χ4n) is 2.39. The normalized spacial score (nSPS) is 10.9. The Kier molecular flexibility index (Phi) is 6.17. The topological polar surface area (TPSA) is 30.2 Å². The molecule has 0 N–H and O–H groups in total. The molecule has 0 radical (unpaired) electrons. The summed E-state index contributed by atoms with van der Waals surface area (Å²) < 4.78 is 5.50. The Hall–Kier alpha value is -1.05. The van der Waals surface area contributed by atoms with Gasteiger partial charge in [0.25, 0.3) is 0 Å². The van der Waals surface area contributed by atoms with Crippen molar-refractivity contribution in [2.75, 3.05) is 0 Å². The van der Waals surface area contributed by atoms with Crippen LogP contribution in [0, 0.1) is 20.8 Å². The molecule has 0 amide bonds. The number of ketones is 1. The average Bonchev–Trinajstić information content (AvgIpc) is 2.58. The molecule has 0 bridgehead atoms. The van der Waals surface area contributed by atoms with Crippen molar-refractivity contribution in [2.24, 2.45) is 0 Å². The summed E-state index contributed by atoms with van der Waals surface area (Å²) in [4.78, 5) is 12.1. The van der Waals surface area contributed by atoms with Gasteiger partial charge in [-0.1, -0.05) is 39.0 Å². The summed E-state index contributed by atoms with van der Waals surface area (Å²) in [5.41, 5.74) is 1.84. The average molecular weight is 250 g/mol. The Morgan fingerprint density at radius 3 is 2.11 bits per heavy atom. The van der Waals surface area contributed by atoms with Gasteiger partial charge >= 0.3 is 0 Å². The van der Waals surface area contributed by atoms with Crippen LogP contribution in [0.4, 0.5) is 0 Å². The van der Waals surface area contributed by atoms with Gasteiger partial charge in [0.2, 0.25) is 0 Å². The molecular weight excluding hydrogens is 224 g/mol. The third-order valence-corrected chi connectivity index (χ3v) is 3.60. The van der Waals surface area contributed by atoms with E-state index >= 15 is 0 Å². The smallest absolute Gasteiger partial charge is 0.166 e. The summed E-state index contributed by atoms with van der Waals surface area (Å²) in [6.45, 7) is 8.00. The SMILES string of the molecule is CCCCCCCCC(=O)c1c(C)oc(C)c1C. The number of carbonyl (C=O) groups excluding carboxylic acids is 1. The number of hydrogen-bond donors (Lipinski definition) is 0. The molecule has 0 aliphatic carbocycles. The van der Waals surface area contributed by atoms with E-state index in [0.717, 1.165) is 29.1 Å². The van der Waals surface area contributed by atoms with Crippen molar-refractivity contribution in [3.05, 3.63) is 22.6 Å². The lowest BCUT2D eigenvalue weighted by Crippen LogP contribution is -2.01.